The monoisotopic (exact) mass is 1560 g/mol. The minimum Gasteiger partial charge on any atom is -0.497 e. The zero-order chi connectivity index (χ0) is 73.1. The molecule has 3 saturated heterocycles. The van der Waals surface area contributed by atoms with Gasteiger partial charge < -0.3 is 114 Å². The standard InChI is InChI=1S/C66H118N3O26P3S3/c1-56-18-19-61(77-2)48-57(56)49-65(73)95-62-50-58-14-13-15-59(51-62)69(58)23-12-8-7-11-22-67-63(71)53-90-43-41-86-35-33-82-27-26-81-32-34-85-40-42-89-52-60(70)16-9-5-6-10-17-64(72)68-24-20-66(21-25-68,54-93-97(75,100)79-4)55-94-98(76,101)92-47-45-88-39-37-84-31-29-80-28-30-83-36-38-87-44-46-91-96(74,99)78-3/h18-19,48,58-59,62H,5-17,20-47,49-55H2,1-4H3,(H,67,71)(H,74,99)(H,75,100)(H,76,101). The zero-order valence-electron chi connectivity index (χ0n) is 60.1. The largest absolute Gasteiger partial charge is 0.497 e. The lowest BCUT2D eigenvalue weighted by atomic mass is 9.80. The lowest BCUT2D eigenvalue weighted by Crippen LogP contribution is -2.54. The number of hydrogen-bond acceptors (Lipinski definition) is 27. The van der Waals surface area contributed by atoms with E-state index in [0.29, 0.717) is 176 Å². The van der Waals surface area contributed by atoms with Gasteiger partial charge in [-0.3, -0.25) is 24.1 Å². The van der Waals surface area contributed by atoms with E-state index in [1.165, 1.54) is 20.6 Å². The van der Waals surface area contributed by atoms with Crippen LogP contribution in [-0.2, 0) is 145 Å². The Hall–Kier alpha value is -1.79. The number of Topliss-reactive ketones (excluding diaryl/α,β-unsaturated/α-hetero) is 1. The highest BCUT2D eigenvalue weighted by Crippen LogP contribution is 2.50. The number of nitrogens with zero attached hydrogens (tertiary/aromatic N) is 2. The summed E-state index contributed by atoms with van der Waals surface area (Å²) in [5.74, 6) is 0.474. The van der Waals surface area contributed by atoms with Crippen LogP contribution in [0.5, 0.6) is 5.75 Å². The first kappa shape index (κ1) is 91.6. The fraction of sp³-hybridized carbons (Fsp3) is 0.848. The number of ether oxygens (including phenoxy) is 13. The minimum absolute atomic E-state index is 0.00538. The van der Waals surface area contributed by atoms with E-state index in [4.69, 9.17) is 120 Å². The number of esters is 1. The van der Waals surface area contributed by atoms with Gasteiger partial charge in [-0.2, -0.15) is 0 Å². The van der Waals surface area contributed by atoms with Gasteiger partial charge in [-0.1, -0.05) is 38.2 Å². The molecule has 5 atom stereocenters. The molecule has 586 valence electrons. The molecule has 0 radical (unpaired) electrons. The Morgan fingerprint density at radius 3 is 1.48 bits per heavy atom. The molecule has 101 heavy (non-hydrogen) atoms. The highest BCUT2D eigenvalue weighted by atomic mass is 32.5. The number of unbranched alkanes of at least 4 members (excludes halogenated alkanes) is 6. The molecule has 3 aliphatic rings. The number of hydrogen-bond donors (Lipinski definition) is 4. The quantitative estimate of drug-likeness (QED) is 0.0294. The third-order valence-corrected chi connectivity index (χ3v) is 22.1. The number of benzene rings is 1. The lowest BCUT2D eigenvalue weighted by Gasteiger charge is -2.48. The van der Waals surface area contributed by atoms with Crippen LogP contribution in [0.15, 0.2) is 18.2 Å². The second-order valence-electron chi connectivity index (χ2n) is 24.7. The molecule has 5 unspecified atom stereocenters. The van der Waals surface area contributed by atoms with E-state index in [2.05, 4.69) is 14.7 Å². The van der Waals surface area contributed by atoms with Gasteiger partial charge in [0.2, 0.25) is 11.8 Å². The van der Waals surface area contributed by atoms with Crippen molar-refractivity contribution in [3.8, 4) is 5.75 Å². The van der Waals surface area contributed by atoms with E-state index in [0.717, 1.165) is 87.6 Å². The Kier molecular flexibility index (Phi) is 50.4. The molecule has 0 spiro atoms. The number of carbonyl (C=O) groups excluding carboxylic acids is 4. The first-order valence-electron chi connectivity index (χ1n) is 35.4. The van der Waals surface area contributed by atoms with Crippen molar-refractivity contribution in [1.29, 1.82) is 0 Å². The van der Waals surface area contributed by atoms with Crippen molar-refractivity contribution in [2.24, 2.45) is 5.41 Å². The predicted octanol–water partition coefficient (Wildman–Crippen LogP) is 6.86. The van der Waals surface area contributed by atoms with Crippen molar-refractivity contribution in [2.75, 3.05) is 219 Å². The maximum atomic E-state index is 13.2. The van der Waals surface area contributed by atoms with Crippen LogP contribution in [0.3, 0.4) is 0 Å². The van der Waals surface area contributed by atoms with Crippen LogP contribution in [-0.4, -0.2) is 286 Å². The van der Waals surface area contributed by atoms with Crippen molar-refractivity contribution in [3.63, 3.8) is 0 Å². The molecule has 2 bridgehead atoms. The number of carbonyl (C=O) groups is 4. The Balaban J connectivity index is 0.865. The van der Waals surface area contributed by atoms with Gasteiger partial charge in [-0.15, -0.1) is 0 Å². The number of fused-ring (bicyclic) bond motifs is 2. The molecular weight excluding hydrogens is 1440 g/mol. The van der Waals surface area contributed by atoms with Crippen molar-refractivity contribution >= 4 is 79.1 Å². The molecule has 1 aromatic carbocycles. The number of rotatable bonds is 65. The van der Waals surface area contributed by atoms with E-state index in [-0.39, 0.29) is 102 Å². The molecule has 4 rings (SSSR count). The number of amides is 2. The van der Waals surface area contributed by atoms with Gasteiger partial charge in [-0.25, -0.2) is 0 Å². The van der Waals surface area contributed by atoms with Crippen molar-refractivity contribution in [2.45, 2.75) is 141 Å². The van der Waals surface area contributed by atoms with Crippen molar-refractivity contribution in [1.82, 2.24) is 15.1 Å². The molecule has 29 nitrogen and oxygen atoms in total. The van der Waals surface area contributed by atoms with Gasteiger partial charge in [0.25, 0.3) is 0 Å². The summed E-state index contributed by atoms with van der Waals surface area (Å²) in [6.07, 6.45) is 14.4. The normalized spacial score (nSPS) is 18.8. The van der Waals surface area contributed by atoms with Gasteiger partial charge in [-0.05, 0) is 124 Å². The average molecular weight is 1560 g/mol. The van der Waals surface area contributed by atoms with Gasteiger partial charge in [0.1, 0.15) is 25.1 Å². The number of aryl methyl sites for hydroxylation is 1. The van der Waals surface area contributed by atoms with Crippen molar-refractivity contribution < 1.29 is 123 Å². The van der Waals surface area contributed by atoms with E-state index in [1.807, 2.05) is 25.1 Å². The summed E-state index contributed by atoms with van der Waals surface area (Å²) in [5, 5.41) is 2.95. The van der Waals surface area contributed by atoms with Crippen LogP contribution in [0.2, 0.25) is 0 Å². The fourth-order valence-electron chi connectivity index (χ4n) is 11.4. The molecule has 35 heteroatoms. The third-order valence-electron chi connectivity index (χ3n) is 17.0. The molecule has 1 aromatic rings. The van der Waals surface area contributed by atoms with Gasteiger partial charge >= 0.3 is 26.1 Å². The average Bonchev–Trinajstić information content (AvgIpc) is 0.813. The third kappa shape index (κ3) is 44.3. The highest BCUT2D eigenvalue weighted by Gasteiger charge is 2.41. The molecule has 3 fully saturated rings. The van der Waals surface area contributed by atoms with Crippen LogP contribution in [0, 0.1) is 12.3 Å². The summed E-state index contributed by atoms with van der Waals surface area (Å²) in [4.78, 5) is 85.9. The first-order valence-corrected chi connectivity index (χ1v) is 43.2. The Morgan fingerprint density at radius 1 is 0.535 bits per heavy atom. The summed E-state index contributed by atoms with van der Waals surface area (Å²) < 4.78 is 103. The Morgan fingerprint density at radius 2 is 0.970 bits per heavy atom. The molecule has 2 amide bonds. The van der Waals surface area contributed by atoms with Crippen LogP contribution in [0.4, 0.5) is 0 Å². The number of likely N-dealkylation sites (tertiary alicyclic amines) is 1. The molecular formula is C66H118N3O26P3S3. The number of nitrogens with one attached hydrogen (secondary N) is 1. The summed E-state index contributed by atoms with van der Waals surface area (Å²) in [6, 6.07) is 6.73. The second kappa shape index (κ2) is 55.6. The summed E-state index contributed by atoms with van der Waals surface area (Å²) in [7, 11) is 4.18. The van der Waals surface area contributed by atoms with Gasteiger partial charge in [0.15, 0.2) is 5.78 Å². The predicted molar refractivity (Wildman–Crippen MR) is 387 cm³/mol. The summed E-state index contributed by atoms with van der Waals surface area (Å²) in [6.45, 7) is 0.984. The maximum absolute atomic E-state index is 13.2. The molecule has 3 aliphatic heterocycles. The van der Waals surface area contributed by atoms with Crippen LogP contribution in [0.1, 0.15) is 120 Å². The van der Waals surface area contributed by atoms with Crippen molar-refractivity contribution in [3.05, 3.63) is 29.3 Å². The van der Waals surface area contributed by atoms with E-state index in [1.54, 1.807) is 12.0 Å². The van der Waals surface area contributed by atoms with E-state index >= 15 is 0 Å². The molecule has 3 heterocycles. The second-order valence-corrected chi connectivity index (χ2v) is 33.5. The Bertz CT molecular complexity index is 2540. The van der Waals surface area contributed by atoms with Crippen LogP contribution >= 0.6 is 20.2 Å². The van der Waals surface area contributed by atoms with E-state index in [9.17, 15) is 33.9 Å². The van der Waals surface area contributed by atoms with E-state index < -0.39 is 25.6 Å². The summed E-state index contributed by atoms with van der Waals surface area (Å²) in [5.41, 5.74) is 1.26. The first-order chi connectivity index (χ1) is 48.8. The number of piperidine rings is 3. The number of ketones is 1. The fourth-order valence-corrected chi connectivity index (χ4v) is 13.9. The van der Waals surface area contributed by atoms with Crippen LogP contribution in [0.25, 0.3) is 0 Å². The molecule has 0 aliphatic carbocycles. The number of methoxy groups -OCH3 is 1. The smallest absolute Gasteiger partial charge is 0.324 e. The highest BCUT2D eigenvalue weighted by molar-refractivity contribution is 8.07. The Labute approximate surface area is 614 Å². The minimum atomic E-state index is -3.70. The summed E-state index contributed by atoms with van der Waals surface area (Å²) >= 11 is 15.1. The molecule has 4 N–H and O–H groups in total. The van der Waals surface area contributed by atoms with Crippen LogP contribution < -0.4 is 10.1 Å². The maximum Gasteiger partial charge on any atom is 0.324 e. The topological polar surface area (TPSA) is 323 Å². The lowest BCUT2D eigenvalue weighted by molar-refractivity contribution is -0.154. The van der Waals surface area contributed by atoms with Gasteiger partial charge in [0, 0.05) is 77.0 Å². The zero-order valence-corrected chi connectivity index (χ0v) is 65.2. The SMILES string of the molecule is COc1ccc(C)c(CC(=O)OC2CC3CCCC(C2)N3CCCCCCNC(=O)COCCOCCOCCOCCOCCOCC(=O)CCCCCCC(=O)N2CCC(COP(O)(=S)OC)(COP(O)(=S)OCCOCCOCCOCCOCCOCCOP(O)(=S)OC)CC2)c1. The molecule has 0 saturated carbocycles. The van der Waals surface area contributed by atoms with Gasteiger partial charge in [0.05, 0.1) is 172 Å². The molecule has 0 aromatic heterocycles.